The van der Waals surface area contributed by atoms with Crippen molar-refractivity contribution in [2.75, 3.05) is 5.32 Å². The van der Waals surface area contributed by atoms with E-state index in [0.29, 0.717) is 16.3 Å². The molecule has 0 radical (unpaired) electrons. The van der Waals surface area contributed by atoms with Crippen LogP contribution in [0.15, 0.2) is 48.5 Å². The average molecular weight is 347 g/mol. The topological polar surface area (TPSA) is 42.0 Å². The molecule has 1 heterocycles. The minimum Gasteiger partial charge on any atom is -0.321 e. The zero-order valence-electron chi connectivity index (χ0n) is 12.1. The molecule has 1 amide bonds. The van der Waals surface area contributed by atoms with Gasteiger partial charge in [0.15, 0.2) is 0 Å². The molecule has 0 aliphatic rings. The van der Waals surface area contributed by atoms with Crippen LogP contribution in [0.4, 0.5) is 10.1 Å². The number of halogens is 2. The third-order valence-corrected chi connectivity index (χ3v) is 4.70. The van der Waals surface area contributed by atoms with E-state index in [-0.39, 0.29) is 10.9 Å². The fraction of sp³-hybridized carbons (Fsp3) is 0.0588. The summed E-state index contributed by atoms with van der Waals surface area (Å²) < 4.78 is 13.2. The standard InChI is InChI=1S/C17H12ClFN2OS/c1-10-15(23-17(20-10)11-5-3-2-4-6-11)16(22)21-12-7-8-14(19)13(18)9-12/h2-9H,1H3,(H,21,22). The predicted molar refractivity (Wildman–Crippen MR) is 91.7 cm³/mol. The number of amides is 1. The molecule has 0 saturated carbocycles. The van der Waals surface area contributed by atoms with Crippen molar-refractivity contribution < 1.29 is 9.18 Å². The van der Waals surface area contributed by atoms with E-state index in [1.54, 1.807) is 6.92 Å². The minimum absolute atomic E-state index is 0.0335. The molecule has 23 heavy (non-hydrogen) atoms. The number of aryl methyl sites for hydroxylation is 1. The highest BCUT2D eigenvalue weighted by molar-refractivity contribution is 7.17. The zero-order chi connectivity index (χ0) is 16.4. The Morgan fingerprint density at radius 2 is 1.96 bits per heavy atom. The normalized spacial score (nSPS) is 10.6. The number of carbonyl (C=O) groups is 1. The summed E-state index contributed by atoms with van der Waals surface area (Å²) >= 11 is 7.04. The molecule has 2 aromatic carbocycles. The average Bonchev–Trinajstić information content (AvgIpc) is 2.94. The number of nitrogens with zero attached hydrogens (tertiary/aromatic N) is 1. The second-order valence-electron chi connectivity index (χ2n) is 4.88. The van der Waals surface area contributed by atoms with E-state index < -0.39 is 5.82 Å². The molecule has 0 unspecified atom stereocenters. The second-order valence-corrected chi connectivity index (χ2v) is 6.29. The minimum atomic E-state index is -0.523. The summed E-state index contributed by atoms with van der Waals surface area (Å²) in [5.74, 6) is -0.810. The molecule has 0 saturated heterocycles. The molecule has 6 heteroatoms. The summed E-state index contributed by atoms with van der Waals surface area (Å²) in [6, 6.07) is 13.7. The number of nitrogens with one attached hydrogen (secondary N) is 1. The molecule has 0 aliphatic carbocycles. The lowest BCUT2D eigenvalue weighted by Gasteiger charge is -2.04. The lowest BCUT2D eigenvalue weighted by molar-refractivity contribution is 0.103. The van der Waals surface area contributed by atoms with Crippen molar-refractivity contribution in [3.8, 4) is 10.6 Å². The van der Waals surface area contributed by atoms with E-state index in [2.05, 4.69) is 10.3 Å². The van der Waals surface area contributed by atoms with Crippen molar-refractivity contribution in [3.05, 3.63) is 69.9 Å². The molecule has 116 valence electrons. The van der Waals surface area contributed by atoms with E-state index in [1.165, 1.54) is 29.5 Å². The first-order chi connectivity index (χ1) is 11.0. The Labute approximate surface area is 141 Å². The maximum atomic E-state index is 13.2. The van der Waals surface area contributed by atoms with E-state index in [9.17, 15) is 9.18 Å². The summed E-state index contributed by atoms with van der Waals surface area (Å²) in [4.78, 5) is 17.4. The van der Waals surface area contributed by atoms with Crippen molar-refractivity contribution in [2.45, 2.75) is 6.92 Å². The van der Waals surface area contributed by atoms with Gasteiger partial charge in [-0.05, 0) is 25.1 Å². The van der Waals surface area contributed by atoms with Crippen molar-refractivity contribution in [3.63, 3.8) is 0 Å². The van der Waals surface area contributed by atoms with E-state index in [1.807, 2.05) is 30.3 Å². The lowest BCUT2D eigenvalue weighted by atomic mass is 10.2. The van der Waals surface area contributed by atoms with E-state index in [0.717, 1.165) is 10.6 Å². The van der Waals surface area contributed by atoms with Crippen LogP contribution in [0.5, 0.6) is 0 Å². The molecule has 3 aromatic rings. The van der Waals surface area contributed by atoms with Gasteiger partial charge in [-0.25, -0.2) is 9.37 Å². The van der Waals surface area contributed by atoms with Gasteiger partial charge in [-0.15, -0.1) is 11.3 Å². The van der Waals surface area contributed by atoms with Crippen LogP contribution in [0.25, 0.3) is 10.6 Å². The third kappa shape index (κ3) is 3.41. The quantitative estimate of drug-likeness (QED) is 0.711. The monoisotopic (exact) mass is 346 g/mol. The van der Waals surface area contributed by atoms with Crippen LogP contribution in [0.3, 0.4) is 0 Å². The molecule has 0 fully saturated rings. The van der Waals surface area contributed by atoms with Gasteiger partial charge in [-0.3, -0.25) is 4.79 Å². The first-order valence-electron chi connectivity index (χ1n) is 6.84. The molecule has 1 aromatic heterocycles. The zero-order valence-corrected chi connectivity index (χ0v) is 13.7. The van der Waals surface area contributed by atoms with Gasteiger partial charge in [0.05, 0.1) is 10.7 Å². The highest BCUT2D eigenvalue weighted by atomic mass is 35.5. The van der Waals surface area contributed by atoms with Crippen LogP contribution < -0.4 is 5.32 Å². The van der Waals surface area contributed by atoms with Gasteiger partial charge in [0.1, 0.15) is 15.7 Å². The van der Waals surface area contributed by atoms with Crippen LogP contribution in [-0.4, -0.2) is 10.9 Å². The molecule has 1 N–H and O–H groups in total. The van der Waals surface area contributed by atoms with Gasteiger partial charge in [0, 0.05) is 11.3 Å². The van der Waals surface area contributed by atoms with Gasteiger partial charge in [0.2, 0.25) is 0 Å². The molecule has 0 spiro atoms. The number of aromatic nitrogens is 1. The number of benzene rings is 2. The molecule has 0 atom stereocenters. The summed E-state index contributed by atoms with van der Waals surface area (Å²) in [5, 5.41) is 3.46. The van der Waals surface area contributed by atoms with Crippen LogP contribution in [0, 0.1) is 12.7 Å². The van der Waals surface area contributed by atoms with Gasteiger partial charge < -0.3 is 5.32 Å². The largest absolute Gasteiger partial charge is 0.321 e. The Hall–Kier alpha value is -2.24. The van der Waals surface area contributed by atoms with Crippen LogP contribution in [0.1, 0.15) is 15.4 Å². The number of hydrogen-bond acceptors (Lipinski definition) is 3. The summed E-state index contributed by atoms with van der Waals surface area (Å²) in [6.07, 6.45) is 0. The molecule has 3 rings (SSSR count). The molecule has 0 bridgehead atoms. The Morgan fingerprint density at radius 3 is 2.65 bits per heavy atom. The van der Waals surface area contributed by atoms with Crippen LogP contribution in [0.2, 0.25) is 5.02 Å². The second kappa shape index (κ2) is 6.48. The van der Waals surface area contributed by atoms with Crippen molar-refractivity contribution >= 4 is 34.5 Å². The van der Waals surface area contributed by atoms with Crippen molar-refractivity contribution in [1.29, 1.82) is 0 Å². The van der Waals surface area contributed by atoms with Gasteiger partial charge >= 0.3 is 0 Å². The third-order valence-electron chi connectivity index (χ3n) is 3.20. The van der Waals surface area contributed by atoms with Gasteiger partial charge in [0.25, 0.3) is 5.91 Å². The highest BCUT2D eigenvalue weighted by Crippen LogP contribution is 2.28. The Balaban J connectivity index is 1.85. The number of carbonyl (C=O) groups excluding carboxylic acids is 1. The first-order valence-corrected chi connectivity index (χ1v) is 8.03. The first kappa shape index (κ1) is 15.6. The fourth-order valence-corrected chi connectivity index (χ4v) is 3.22. The molecular formula is C17H12ClFN2OS. The number of anilines is 1. The van der Waals surface area contributed by atoms with Gasteiger partial charge in [-0.1, -0.05) is 41.9 Å². The smallest absolute Gasteiger partial charge is 0.267 e. The Morgan fingerprint density at radius 1 is 1.22 bits per heavy atom. The van der Waals surface area contributed by atoms with Gasteiger partial charge in [-0.2, -0.15) is 0 Å². The van der Waals surface area contributed by atoms with Crippen molar-refractivity contribution in [1.82, 2.24) is 4.98 Å². The maximum Gasteiger partial charge on any atom is 0.267 e. The molecular weight excluding hydrogens is 335 g/mol. The van der Waals surface area contributed by atoms with E-state index >= 15 is 0 Å². The number of thiazole rings is 1. The molecule has 0 aliphatic heterocycles. The Kier molecular flexibility index (Phi) is 4.41. The fourth-order valence-electron chi connectivity index (χ4n) is 2.07. The van der Waals surface area contributed by atoms with E-state index in [4.69, 9.17) is 11.6 Å². The maximum absolute atomic E-state index is 13.2. The Bertz CT molecular complexity index is 864. The molecule has 3 nitrogen and oxygen atoms in total. The lowest BCUT2D eigenvalue weighted by Crippen LogP contribution is -2.11. The summed E-state index contributed by atoms with van der Waals surface area (Å²) in [7, 11) is 0. The predicted octanol–water partition coefficient (Wildman–Crippen LogP) is 5.16. The number of hydrogen-bond donors (Lipinski definition) is 1. The number of rotatable bonds is 3. The summed E-state index contributed by atoms with van der Waals surface area (Å²) in [6.45, 7) is 1.79. The van der Waals surface area contributed by atoms with Crippen LogP contribution in [-0.2, 0) is 0 Å². The van der Waals surface area contributed by atoms with Crippen LogP contribution >= 0.6 is 22.9 Å². The summed E-state index contributed by atoms with van der Waals surface area (Å²) in [5.41, 5.74) is 2.06. The SMILES string of the molecule is Cc1nc(-c2ccccc2)sc1C(=O)Nc1ccc(F)c(Cl)c1. The van der Waals surface area contributed by atoms with Crippen molar-refractivity contribution in [2.24, 2.45) is 0 Å². The highest BCUT2D eigenvalue weighted by Gasteiger charge is 2.16.